The second kappa shape index (κ2) is 7.10. The second-order valence-electron chi connectivity index (χ2n) is 4.86. The highest BCUT2D eigenvalue weighted by molar-refractivity contribution is 6.04. The van der Waals surface area contributed by atoms with Gasteiger partial charge in [0, 0.05) is 12.1 Å². The monoisotopic (exact) mass is 259 g/mol. The molecule has 1 aromatic rings. The number of ketones is 1. The summed E-state index contributed by atoms with van der Waals surface area (Å²) in [6.45, 7) is 3.18. The van der Waals surface area contributed by atoms with Crippen molar-refractivity contribution in [1.29, 1.82) is 0 Å². The van der Waals surface area contributed by atoms with E-state index in [1.165, 1.54) is 19.3 Å². The van der Waals surface area contributed by atoms with E-state index in [1.54, 1.807) is 25.3 Å². The second-order valence-corrected chi connectivity index (χ2v) is 4.86. The van der Waals surface area contributed by atoms with Crippen molar-refractivity contribution in [2.24, 2.45) is 0 Å². The van der Waals surface area contributed by atoms with Crippen molar-refractivity contribution in [1.82, 2.24) is 4.90 Å². The normalized spacial score (nSPS) is 16.7. The number of benzene rings is 1. The summed E-state index contributed by atoms with van der Waals surface area (Å²) in [5.41, 5.74) is 0.704. The predicted octanol–water partition coefficient (Wildman–Crippen LogP) is 2.92. The number of rotatable bonds is 5. The van der Waals surface area contributed by atoms with Gasteiger partial charge >= 0.3 is 0 Å². The molecule has 1 aromatic carbocycles. The van der Waals surface area contributed by atoms with Crippen molar-refractivity contribution in [2.45, 2.75) is 19.3 Å². The van der Waals surface area contributed by atoms with Crippen LogP contribution in [0.25, 0.3) is 0 Å². The Morgan fingerprint density at radius 3 is 2.53 bits per heavy atom. The van der Waals surface area contributed by atoms with Crippen LogP contribution in [-0.2, 0) is 0 Å². The Morgan fingerprint density at radius 2 is 1.89 bits per heavy atom. The highest BCUT2D eigenvalue weighted by Gasteiger charge is 2.08. The van der Waals surface area contributed by atoms with Crippen LogP contribution < -0.4 is 4.74 Å². The molecular formula is C16H21NO2. The first kappa shape index (κ1) is 13.8. The molecule has 1 heterocycles. The van der Waals surface area contributed by atoms with Crippen LogP contribution in [0.1, 0.15) is 29.6 Å². The van der Waals surface area contributed by atoms with Crippen molar-refractivity contribution < 1.29 is 9.53 Å². The van der Waals surface area contributed by atoms with E-state index in [0.717, 1.165) is 25.4 Å². The first-order valence-electron chi connectivity index (χ1n) is 6.87. The Bertz CT molecular complexity index is 431. The van der Waals surface area contributed by atoms with Crippen LogP contribution in [0, 0.1) is 0 Å². The average molecular weight is 259 g/mol. The summed E-state index contributed by atoms with van der Waals surface area (Å²) in [5.74, 6) is 0.827. The molecule has 0 aromatic heterocycles. The number of ether oxygens (including phenoxy) is 1. The number of nitrogens with zero attached hydrogens (tertiary/aromatic N) is 1. The zero-order valence-corrected chi connectivity index (χ0v) is 11.5. The Kier molecular flexibility index (Phi) is 5.16. The van der Waals surface area contributed by atoms with Gasteiger partial charge in [0.25, 0.3) is 0 Å². The molecule has 0 N–H and O–H groups in total. The van der Waals surface area contributed by atoms with E-state index in [9.17, 15) is 4.79 Å². The summed E-state index contributed by atoms with van der Waals surface area (Å²) in [6.07, 6.45) is 7.54. The summed E-state index contributed by atoms with van der Waals surface area (Å²) < 4.78 is 5.07. The topological polar surface area (TPSA) is 29.5 Å². The maximum Gasteiger partial charge on any atom is 0.185 e. The lowest BCUT2D eigenvalue weighted by molar-refractivity contribution is 0.104. The van der Waals surface area contributed by atoms with Gasteiger partial charge < -0.3 is 4.74 Å². The zero-order chi connectivity index (χ0) is 13.5. The van der Waals surface area contributed by atoms with Gasteiger partial charge in [0.05, 0.1) is 7.11 Å². The third kappa shape index (κ3) is 4.21. The maximum atomic E-state index is 11.9. The highest BCUT2D eigenvalue weighted by atomic mass is 16.5. The minimum absolute atomic E-state index is 0.0552. The molecule has 0 atom stereocenters. The molecule has 1 fully saturated rings. The molecular weight excluding hydrogens is 238 g/mol. The molecule has 1 aliphatic heterocycles. The third-order valence-corrected chi connectivity index (χ3v) is 3.46. The first-order valence-corrected chi connectivity index (χ1v) is 6.87. The summed E-state index contributed by atoms with van der Waals surface area (Å²) in [5, 5.41) is 0. The molecule has 0 aliphatic carbocycles. The number of hydrogen-bond acceptors (Lipinski definition) is 3. The molecule has 0 spiro atoms. The average Bonchev–Trinajstić information content (AvgIpc) is 2.48. The fraction of sp³-hybridized carbons (Fsp3) is 0.438. The van der Waals surface area contributed by atoms with Crippen LogP contribution in [0.4, 0.5) is 0 Å². The zero-order valence-electron chi connectivity index (χ0n) is 11.5. The lowest BCUT2D eigenvalue weighted by Gasteiger charge is -2.24. The Balaban J connectivity index is 1.85. The van der Waals surface area contributed by atoms with Gasteiger partial charge in [-0.2, -0.15) is 0 Å². The molecule has 0 bridgehead atoms. The Labute approximate surface area is 114 Å². The molecule has 19 heavy (non-hydrogen) atoms. The molecule has 1 aliphatic rings. The first-order chi connectivity index (χ1) is 9.29. The van der Waals surface area contributed by atoms with Gasteiger partial charge in [-0.05, 0) is 56.3 Å². The van der Waals surface area contributed by atoms with Crippen LogP contribution in [0.2, 0.25) is 0 Å². The fourth-order valence-electron chi connectivity index (χ4n) is 2.30. The van der Waals surface area contributed by atoms with Crippen molar-refractivity contribution in [3.05, 3.63) is 42.0 Å². The van der Waals surface area contributed by atoms with E-state index in [0.29, 0.717) is 5.56 Å². The van der Waals surface area contributed by atoms with Crippen LogP contribution in [-0.4, -0.2) is 37.4 Å². The Hall–Kier alpha value is -1.61. The van der Waals surface area contributed by atoms with Gasteiger partial charge in [0.15, 0.2) is 5.78 Å². The number of carbonyl (C=O) groups excluding carboxylic acids is 1. The van der Waals surface area contributed by atoms with E-state index in [2.05, 4.69) is 4.90 Å². The van der Waals surface area contributed by atoms with Gasteiger partial charge in [-0.1, -0.05) is 12.5 Å². The number of allylic oxidation sites excluding steroid dienone is 1. The number of hydrogen-bond donors (Lipinski definition) is 0. The lowest BCUT2D eigenvalue weighted by Crippen LogP contribution is -2.29. The van der Waals surface area contributed by atoms with Gasteiger partial charge in [0.1, 0.15) is 5.75 Å². The fourth-order valence-corrected chi connectivity index (χ4v) is 2.30. The summed E-state index contributed by atoms with van der Waals surface area (Å²) in [6, 6.07) is 7.22. The minimum Gasteiger partial charge on any atom is -0.497 e. The predicted molar refractivity (Wildman–Crippen MR) is 76.8 cm³/mol. The van der Waals surface area contributed by atoms with Crippen molar-refractivity contribution in [2.75, 3.05) is 26.7 Å². The van der Waals surface area contributed by atoms with Crippen molar-refractivity contribution in [3.8, 4) is 5.75 Å². The lowest BCUT2D eigenvalue weighted by atomic mass is 10.1. The molecule has 2 rings (SSSR count). The Morgan fingerprint density at radius 1 is 1.21 bits per heavy atom. The maximum absolute atomic E-state index is 11.9. The SMILES string of the molecule is COc1ccc(C(=O)C=CCN2CCCCC2)cc1. The molecule has 0 amide bonds. The van der Waals surface area contributed by atoms with Crippen LogP contribution in [0.3, 0.4) is 0 Å². The highest BCUT2D eigenvalue weighted by Crippen LogP contribution is 2.12. The number of methoxy groups -OCH3 is 1. The molecule has 3 nitrogen and oxygen atoms in total. The standard InChI is InChI=1S/C16H21NO2/c1-19-15-9-7-14(8-10-15)16(18)6-5-13-17-11-3-2-4-12-17/h5-10H,2-4,11-13H2,1H3. The summed E-state index contributed by atoms with van der Waals surface area (Å²) in [7, 11) is 1.62. The van der Waals surface area contributed by atoms with Gasteiger partial charge in [-0.25, -0.2) is 0 Å². The minimum atomic E-state index is 0.0552. The largest absolute Gasteiger partial charge is 0.497 e. The van der Waals surface area contributed by atoms with Crippen LogP contribution >= 0.6 is 0 Å². The van der Waals surface area contributed by atoms with E-state index in [1.807, 2.05) is 18.2 Å². The van der Waals surface area contributed by atoms with Gasteiger partial charge in [-0.3, -0.25) is 9.69 Å². The summed E-state index contributed by atoms with van der Waals surface area (Å²) in [4.78, 5) is 14.3. The number of carbonyl (C=O) groups is 1. The quantitative estimate of drug-likeness (QED) is 0.601. The molecule has 102 valence electrons. The van der Waals surface area contributed by atoms with Crippen LogP contribution in [0.15, 0.2) is 36.4 Å². The molecule has 3 heteroatoms. The smallest absolute Gasteiger partial charge is 0.185 e. The molecule has 0 radical (unpaired) electrons. The third-order valence-electron chi connectivity index (χ3n) is 3.46. The van der Waals surface area contributed by atoms with E-state index in [-0.39, 0.29) is 5.78 Å². The number of piperidine rings is 1. The molecule has 1 saturated heterocycles. The van der Waals surface area contributed by atoms with Gasteiger partial charge in [0.2, 0.25) is 0 Å². The molecule has 0 saturated carbocycles. The summed E-state index contributed by atoms with van der Waals surface area (Å²) >= 11 is 0. The van der Waals surface area contributed by atoms with Crippen molar-refractivity contribution in [3.63, 3.8) is 0 Å². The van der Waals surface area contributed by atoms with Gasteiger partial charge in [-0.15, -0.1) is 0 Å². The van der Waals surface area contributed by atoms with E-state index < -0.39 is 0 Å². The number of likely N-dealkylation sites (tertiary alicyclic amines) is 1. The van der Waals surface area contributed by atoms with Crippen LogP contribution in [0.5, 0.6) is 5.75 Å². The van der Waals surface area contributed by atoms with E-state index in [4.69, 9.17) is 4.74 Å². The molecule has 0 unspecified atom stereocenters. The van der Waals surface area contributed by atoms with Crippen molar-refractivity contribution >= 4 is 5.78 Å². The van der Waals surface area contributed by atoms with E-state index >= 15 is 0 Å².